The van der Waals surface area contributed by atoms with Crippen molar-refractivity contribution in [1.82, 2.24) is 4.72 Å². The van der Waals surface area contributed by atoms with Crippen LogP contribution in [0.5, 0.6) is 5.75 Å². The van der Waals surface area contributed by atoms with Crippen molar-refractivity contribution < 1.29 is 26.0 Å². The lowest BCUT2D eigenvalue weighted by Crippen LogP contribution is -2.38. The van der Waals surface area contributed by atoms with Crippen molar-refractivity contribution in [2.45, 2.75) is 9.79 Å². The number of rotatable bonds is 9. The van der Waals surface area contributed by atoms with Crippen molar-refractivity contribution in [3.8, 4) is 5.75 Å². The Morgan fingerprint density at radius 1 is 0.875 bits per heavy atom. The maximum atomic E-state index is 13.4. The molecular formula is C21H20ClFN2O5S2. The number of sulfonamides is 2. The van der Waals surface area contributed by atoms with E-state index in [1.54, 1.807) is 0 Å². The summed E-state index contributed by atoms with van der Waals surface area (Å²) < 4.78 is 73.4. The third kappa shape index (κ3) is 5.57. The molecular weight excluding hydrogens is 479 g/mol. The molecule has 11 heteroatoms. The molecule has 3 aromatic rings. The van der Waals surface area contributed by atoms with Gasteiger partial charge in [-0.1, -0.05) is 11.6 Å². The first-order chi connectivity index (χ1) is 15.1. The number of hydrogen-bond acceptors (Lipinski definition) is 5. The number of ether oxygens (including phenoxy) is 1. The van der Waals surface area contributed by atoms with Gasteiger partial charge >= 0.3 is 0 Å². The van der Waals surface area contributed by atoms with Gasteiger partial charge in [0.1, 0.15) is 11.6 Å². The molecule has 0 aliphatic heterocycles. The summed E-state index contributed by atoms with van der Waals surface area (Å²) in [6.07, 6.45) is 0. The van der Waals surface area contributed by atoms with Crippen molar-refractivity contribution in [1.29, 1.82) is 0 Å². The first-order valence-corrected chi connectivity index (χ1v) is 12.6. The fraction of sp³-hybridized carbons (Fsp3) is 0.143. The molecule has 170 valence electrons. The highest BCUT2D eigenvalue weighted by atomic mass is 35.5. The van der Waals surface area contributed by atoms with Gasteiger partial charge in [-0.3, -0.25) is 4.31 Å². The summed E-state index contributed by atoms with van der Waals surface area (Å²) in [5, 5.41) is 0.365. The van der Waals surface area contributed by atoms with Crippen LogP contribution in [0.4, 0.5) is 10.1 Å². The minimum Gasteiger partial charge on any atom is -0.497 e. The Balaban J connectivity index is 1.84. The van der Waals surface area contributed by atoms with Gasteiger partial charge in [-0.15, -0.1) is 0 Å². The maximum Gasteiger partial charge on any atom is 0.264 e. The Morgan fingerprint density at radius 3 is 2.00 bits per heavy atom. The Morgan fingerprint density at radius 2 is 1.44 bits per heavy atom. The van der Waals surface area contributed by atoms with Crippen molar-refractivity contribution >= 4 is 37.3 Å². The van der Waals surface area contributed by atoms with Crippen LogP contribution in [0, 0.1) is 5.82 Å². The molecule has 0 amide bonds. The molecule has 3 aromatic carbocycles. The van der Waals surface area contributed by atoms with Gasteiger partial charge in [0.05, 0.1) is 22.6 Å². The number of nitrogens with zero attached hydrogens (tertiary/aromatic N) is 1. The van der Waals surface area contributed by atoms with E-state index in [2.05, 4.69) is 4.72 Å². The van der Waals surface area contributed by atoms with E-state index in [1.165, 1.54) is 67.8 Å². The summed E-state index contributed by atoms with van der Waals surface area (Å²) in [6, 6.07) is 16.2. The van der Waals surface area contributed by atoms with Gasteiger partial charge in [0.25, 0.3) is 10.0 Å². The predicted octanol–water partition coefficient (Wildman–Crippen LogP) is 3.66. The first-order valence-electron chi connectivity index (χ1n) is 9.31. The first kappa shape index (κ1) is 24.0. The quantitative estimate of drug-likeness (QED) is 0.486. The number of nitrogens with one attached hydrogen (secondary N) is 1. The van der Waals surface area contributed by atoms with Crippen LogP contribution in [0.2, 0.25) is 5.02 Å². The molecule has 0 saturated carbocycles. The third-order valence-electron chi connectivity index (χ3n) is 4.49. The second-order valence-electron chi connectivity index (χ2n) is 6.58. The normalized spacial score (nSPS) is 11.8. The topological polar surface area (TPSA) is 92.8 Å². The summed E-state index contributed by atoms with van der Waals surface area (Å²) in [4.78, 5) is -0.0311. The van der Waals surface area contributed by atoms with Crippen molar-refractivity contribution in [2.24, 2.45) is 0 Å². The fourth-order valence-electron chi connectivity index (χ4n) is 2.85. The molecule has 3 rings (SSSR count). The Bertz CT molecular complexity index is 1270. The molecule has 0 fully saturated rings. The highest BCUT2D eigenvalue weighted by Gasteiger charge is 2.25. The summed E-state index contributed by atoms with van der Waals surface area (Å²) >= 11 is 5.85. The minimum atomic E-state index is -4.07. The molecule has 0 bridgehead atoms. The van der Waals surface area contributed by atoms with Crippen molar-refractivity contribution in [3.63, 3.8) is 0 Å². The van der Waals surface area contributed by atoms with Crippen LogP contribution in [-0.2, 0) is 20.0 Å². The van der Waals surface area contributed by atoms with Gasteiger partial charge in [-0.2, -0.15) is 0 Å². The number of anilines is 1. The Hall–Kier alpha value is -2.66. The predicted molar refractivity (Wildman–Crippen MR) is 121 cm³/mol. The largest absolute Gasteiger partial charge is 0.497 e. The lowest BCUT2D eigenvalue weighted by molar-refractivity contribution is 0.414. The van der Waals surface area contributed by atoms with E-state index in [1.807, 2.05) is 0 Å². The SMILES string of the molecule is COc1ccc(S(=O)(=O)NCCN(c2ccc(F)cc2)S(=O)(=O)c2ccc(Cl)cc2)cc1. The Kier molecular flexibility index (Phi) is 7.40. The molecule has 0 aliphatic rings. The van der Waals surface area contributed by atoms with Gasteiger partial charge < -0.3 is 4.74 Å². The number of halogens is 2. The fourth-order valence-corrected chi connectivity index (χ4v) is 5.46. The lowest BCUT2D eigenvalue weighted by atomic mass is 10.3. The highest BCUT2D eigenvalue weighted by molar-refractivity contribution is 7.92. The van der Waals surface area contributed by atoms with Crippen LogP contribution in [0.1, 0.15) is 0 Å². The van der Waals surface area contributed by atoms with Crippen molar-refractivity contribution in [2.75, 3.05) is 24.5 Å². The molecule has 0 unspecified atom stereocenters. The van der Waals surface area contributed by atoms with Gasteiger partial charge in [0, 0.05) is 18.1 Å². The van der Waals surface area contributed by atoms with E-state index >= 15 is 0 Å². The second kappa shape index (κ2) is 9.86. The number of benzene rings is 3. The molecule has 0 aromatic heterocycles. The van der Waals surface area contributed by atoms with Gasteiger partial charge in [-0.05, 0) is 72.8 Å². The van der Waals surface area contributed by atoms with Gasteiger partial charge in [-0.25, -0.2) is 25.9 Å². The zero-order valence-corrected chi connectivity index (χ0v) is 19.3. The van der Waals surface area contributed by atoms with Crippen LogP contribution < -0.4 is 13.8 Å². The average molecular weight is 499 g/mol. The van der Waals surface area contributed by atoms with Gasteiger partial charge in [0.15, 0.2) is 0 Å². The van der Waals surface area contributed by atoms with E-state index in [0.29, 0.717) is 10.8 Å². The standard InChI is InChI=1S/C21H20ClFN2O5S2/c1-30-19-8-12-20(13-9-19)31(26,27)24-14-15-25(18-6-4-17(23)5-7-18)32(28,29)21-10-2-16(22)3-11-21/h2-13,24H,14-15H2,1H3. The van der Waals surface area contributed by atoms with E-state index in [9.17, 15) is 21.2 Å². The van der Waals surface area contributed by atoms with E-state index in [0.717, 1.165) is 16.4 Å². The molecule has 0 heterocycles. The zero-order valence-electron chi connectivity index (χ0n) is 16.9. The second-order valence-corrected chi connectivity index (χ2v) is 10.6. The molecule has 0 radical (unpaired) electrons. The molecule has 0 spiro atoms. The lowest BCUT2D eigenvalue weighted by Gasteiger charge is -2.25. The molecule has 0 saturated heterocycles. The molecule has 32 heavy (non-hydrogen) atoms. The highest BCUT2D eigenvalue weighted by Crippen LogP contribution is 2.25. The summed E-state index contributed by atoms with van der Waals surface area (Å²) in [7, 11) is -6.50. The number of hydrogen-bond donors (Lipinski definition) is 1. The van der Waals surface area contributed by atoms with Crippen LogP contribution in [0.15, 0.2) is 82.6 Å². The Labute approximate surface area is 191 Å². The van der Waals surface area contributed by atoms with Crippen molar-refractivity contribution in [3.05, 3.63) is 83.6 Å². The molecule has 0 aliphatic carbocycles. The van der Waals surface area contributed by atoms with E-state index in [-0.39, 0.29) is 28.6 Å². The molecule has 7 nitrogen and oxygen atoms in total. The smallest absolute Gasteiger partial charge is 0.264 e. The monoisotopic (exact) mass is 498 g/mol. The van der Waals surface area contributed by atoms with Crippen LogP contribution in [0.3, 0.4) is 0 Å². The molecule has 1 N–H and O–H groups in total. The minimum absolute atomic E-state index is 0.00666. The summed E-state index contributed by atoms with van der Waals surface area (Å²) in [5.41, 5.74) is 0.185. The van der Waals surface area contributed by atoms with E-state index < -0.39 is 25.9 Å². The maximum absolute atomic E-state index is 13.4. The zero-order chi connectivity index (χ0) is 23.4. The van der Waals surface area contributed by atoms with Crippen LogP contribution in [-0.4, -0.2) is 37.0 Å². The summed E-state index contributed by atoms with van der Waals surface area (Å²) in [5.74, 6) is -0.0294. The average Bonchev–Trinajstić information content (AvgIpc) is 2.78. The van der Waals surface area contributed by atoms with Crippen LogP contribution >= 0.6 is 11.6 Å². The van der Waals surface area contributed by atoms with Crippen LogP contribution in [0.25, 0.3) is 0 Å². The third-order valence-corrected chi connectivity index (χ3v) is 8.06. The number of methoxy groups -OCH3 is 1. The summed E-state index contributed by atoms with van der Waals surface area (Å²) in [6.45, 7) is -0.454. The van der Waals surface area contributed by atoms with E-state index in [4.69, 9.17) is 16.3 Å². The van der Waals surface area contributed by atoms with Gasteiger partial charge in [0.2, 0.25) is 10.0 Å². The molecule has 0 atom stereocenters.